The van der Waals surface area contributed by atoms with Crippen LogP contribution in [0.4, 0.5) is 0 Å². The van der Waals surface area contributed by atoms with Gasteiger partial charge in [0.15, 0.2) is 0 Å². The number of carbonyl (C=O) groups is 1. The van der Waals surface area contributed by atoms with Gasteiger partial charge in [-0.1, -0.05) is 34.1 Å². The van der Waals surface area contributed by atoms with Crippen LogP contribution in [0.15, 0.2) is 28.7 Å². The molecule has 1 N–H and O–H groups in total. The maximum absolute atomic E-state index is 12.0. The summed E-state index contributed by atoms with van der Waals surface area (Å²) >= 11 is 3.45. The SMILES string of the molecule is N#CC1CCC(NC(=O)Cc2ccccc2Br)CC1. The zero-order valence-electron chi connectivity index (χ0n) is 10.7. The fourth-order valence-electron chi connectivity index (χ4n) is 2.46. The zero-order chi connectivity index (χ0) is 13.7. The fourth-order valence-corrected chi connectivity index (χ4v) is 2.89. The monoisotopic (exact) mass is 320 g/mol. The lowest BCUT2D eigenvalue weighted by Gasteiger charge is -2.25. The van der Waals surface area contributed by atoms with Crippen molar-refractivity contribution in [2.75, 3.05) is 0 Å². The first-order valence-electron chi connectivity index (χ1n) is 6.61. The van der Waals surface area contributed by atoms with E-state index < -0.39 is 0 Å². The van der Waals surface area contributed by atoms with Crippen molar-refractivity contribution >= 4 is 21.8 Å². The van der Waals surface area contributed by atoms with Crippen LogP contribution in [0.1, 0.15) is 31.2 Å². The van der Waals surface area contributed by atoms with Crippen LogP contribution in [-0.2, 0) is 11.2 Å². The van der Waals surface area contributed by atoms with E-state index in [0.29, 0.717) is 6.42 Å². The van der Waals surface area contributed by atoms with Crippen LogP contribution in [0.5, 0.6) is 0 Å². The minimum Gasteiger partial charge on any atom is -0.353 e. The van der Waals surface area contributed by atoms with E-state index in [1.54, 1.807) is 0 Å². The average Bonchev–Trinajstić information content (AvgIpc) is 2.42. The summed E-state index contributed by atoms with van der Waals surface area (Å²) in [6.45, 7) is 0. The molecule has 1 aliphatic carbocycles. The van der Waals surface area contributed by atoms with Gasteiger partial charge in [-0.05, 0) is 37.3 Å². The van der Waals surface area contributed by atoms with Gasteiger partial charge in [0.2, 0.25) is 5.91 Å². The molecule has 0 aromatic heterocycles. The van der Waals surface area contributed by atoms with E-state index >= 15 is 0 Å². The van der Waals surface area contributed by atoms with Gasteiger partial charge in [0.1, 0.15) is 0 Å². The molecule has 0 bridgehead atoms. The highest BCUT2D eigenvalue weighted by atomic mass is 79.9. The molecule has 0 aliphatic heterocycles. The highest BCUT2D eigenvalue weighted by Crippen LogP contribution is 2.23. The number of rotatable bonds is 3. The molecule has 0 unspecified atom stereocenters. The quantitative estimate of drug-likeness (QED) is 0.929. The minimum absolute atomic E-state index is 0.0623. The summed E-state index contributed by atoms with van der Waals surface area (Å²) in [4.78, 5) is 12.0. The Morgan fingerprint density at radius 2 is 2.00 bits per heavy atom. The molecule has 1 aromatic carbocycles. The summed E-state index contributed by atoms with van der Waals surface area (Å²) in [5.41, 5.74) is 1.01. The van der Waals surface area contributed by atoms with Gasteiger partial charge in [0.05, 0.1) is 12.5 Å². The molecule has 1 fully saturated rings. The zero-order valence-corrected chi connectivity index (χ0v) is 12.3. The summed E-state index contributed by atoms with van der Waals surface area (Å²) in [6, 6.07) is 10.3. The third kappa shape index (κ3) is 4.07. The number of carbonyl (C=O) groups excluding carboxylic acids is 1. The lowest BCUT2D eigenvalue weighted by molar-refractivity contribution is -0.121. The van der Waals surface area contributed by atoms with E-state index in [-0.39, 0.29) is 17.9 Å². The summed E-state index contributed by atoms with van der Waals surface area (Å²) in [6.07, 6.45) is 4.03. The lowest BCUT2D eigenvalue weighted by Crippen LogP contribution is -2.38. The smallest absolute Gasteiger partial charge is 0.224 e. The number of nitrogens with one attached hydrogen (secondary N) is 1. The Kier molecular flexibility index (Phi) is 4.98. The average molecular weight is 321 g/mol. The van der Waals surface area contributed by atoms with Gasteiger partial charge in [-0.25, -0.2) is 0 Å². The number of halogens is 1. The van der Waals surface area contributed by atoms with E-state index in [9.17, 15) is 4.79 Å². The number of benzene rings is 1. The van der Waals surface area contributed by atoms with E-state index in [1.165, 1.54) is 0 Å². The molecule has 0 heterocycles. The Morgan fingerprint density at radius 3 is 2.63 bits per heavy atom. The highest BCUT2D eigenvalue weighted by Gasteiger charge is 2.22. The van der Waals surface area contributed by atoms with Crippen LogP contribution in [-0.4, -0.2) is 11.9 Å². The Bertz CT molecular complexity index is 487. The molecule has 4 heteroatoms. The Labute approximate surface area is 122 Å². The fraction of sp³-hybridized carbons (Fsp3) is 0.467. The van der Waals surface area contributed by atoms with Crippen molar-refractivity contribution in [3.63, 3.8) is 0 Å². The second-order valence-corrected chi connectivity index (χ2v) is 5.87. The van der Waals surface area contributed by atoms with Crippen molar-refractivity contribution in [3.05, 3.63) is 34.3 Å². The number of nitrogens with zero attached hydrogens (tertiary/aromatic N) is 1. The van der Waals surface area contributed by atoms with Gasteiger partial charge in [-0.2, -0.15) is 5.26 Å². The lowest BCUT2D eigenvalue weighted by atomic mass is 9.87. The first-order chi connectivity index (χ1) is 9.19. The third-order valence-corrected chi connectivity index (χ3v) is 4.36. The number of amides is 1. The van der Waals surface area contributed by atoms with Crippen LogP contribution < -0.4 is 5.32 Å². The molecule has 100 valence electrons. The summed E-state index contributed by atoms with van der Waals surface area (Å²) in [5.74, 6) is 0.240. The van der Waals surface area contributed by atoms with Gasteiger partial charge in [-0.15, -0.1) is 0 Å². The Morgan fingerprint density at radius 1 is 1.32 bits per heavy atom. The van der Waals surface area contributed by atoms with Gasteiger partial charge in [0, 0.05) is 16.4 Å². The molecule has 1 aliphatic rings. The highest BCUT2D eigenvalue weighted by molar-refractivity contribution is 9.10. The van der Waals surface area contributed by atoms with Gasteiger partial charge in [-0.3, -0.25) is 4.79 Å². The van der Waals surface area contributed by atoms with Gasteiger partial charge < -0.3 is 5.32 Å². The Balaban J connectivity index is 1.83. The van der Waals surface area contributed by atoms with Crippen molar-refractivity contribution in [2.24, 2.45) is 5.92 Å². The molecule has 0 radical (unpaired) electrons. The molecule has 0 saturated heterocycles. The minimum atomic E-state index is 0.0623. The molecule has 0 atom stereocenters. The normalized spacial score (nSPS) is 22.5. The third-order valence-electron chi connectivity index (χ3n) is 3.58. The summed E-state index contributed by atoms with van der Waals surface area (Å²) in [5, 5.41) is 11.9. The molecule has 3 nitrogen and oxygen atoms in total. The van der Waals surface area contributed by atoms with Crippen LogP contribution in [0.3, 0.4) is 0 Å². The van der Waals surface area contributed by atoms with E-state index in [2.05, 4.69) is 27.3 Å². The number of hydrogen-bond acceptors (Lipinski definition) is 2. The molecule has 2 rings (SSSR count). The maximum atomic E-state index is 12.0. The standard InChI is InChI=1S/C15H17BrN2O/c16-14-4-2-1-3-12(14)9-15(19)18-13-7-5-11(10-17)6-8-13/h1-4,11,13H,5-9H2,(H,18,19). The van der Waals surface area contributed by atoms with Crippen molar-refractivity contribution in [1.82, 2.24) is 5.32 Å². The van der Waals surface area contributed by atoms with Gasteiger partial charge in [0.25, 0.3) is 0 Å². The second-order valence-electron chi connectivity index (χ2n) is 5.01. The Hall–Kier alpha value is -1.34. The predicted octanol–water partition coefficient (Wildman–Crippen LogP) is 3.19. The molecule has 1 amide bonds. The predicted molar refractivity (Wildman–Crippen MR) is 77.3 cm³/mol. The van der Waals surface area contributed by atoms with Crippen LogP contribution >= 0.6 is 15.9 Å². The van der Waals surface area contributed by atoms with Crippen LogP contribution in [0.2, 0.25) is 0 Å². The summed E-state index contributed by atoms with van der Waals surface area (Å²) < 4.78 is 0.971. The summed E-state index contributed by atoms with van der Waals surface area (Å²) in [7, 11) is 0. The molecule has 1 aromatic rings. The second kappa shape index (κ2) is 6.72. The van der Waals surface area contributed by atoms with E-state index in [0.717, 1.165) is 35.7 Å². The van der Waals surface area contributed by atoms with Crippen molar-refractivity contribution < 1.29 is 4.79 Å². The maximum Gasteiger partial charge on any atom is 0.224 e. The molecule has 19 heavy (non-hydrogen) atoms. The molecule has 1 saturated carbocycles. The molecular weight excluding hydrogens is 304 g/mol. The van der Waals surface area contributed by atoms with Crippen LogP contribution in [0.25, 0.3) is 0 Å². The van der Waals surface area contributed by atoms with Crippen molar-refractivity contribution in [2.45, 2.75) is 38.1 Å². The topological polar surface area (TPSA) is 52.9 Å². The number of nitriles is 1. The van der Waals surface area contributed by atoms with E-state index in [1.807, 2.05) is 24.3 Å². The van der Waals surface area contributed by atoms with Crippen LogP contribution in [0, 0.1) is 17.2 Å². The van der Waals surface area contributed by atoms with Gasteiger partial charge >= 0.3 is 0 Å². The van der Waals surface area contributed by atoms with Crippen molar-refractivity contribution in [1.29, 1.82) is 5.26 Å². The van der Waals surface area contributed by atoms with E-state index in [4.69, 9.17) is 5.26 Å². The first kappa shape index (κ1) is 14.1. The molecular formula is C15H17BrN2O. The first-order valence-corrected chi connectivity index (χ1v) is 7.40. The number of hydrogen-bond donors (Lipinski definition) is 1. The van der Waals surface area contributed by atoms with Crippen molar-refractivity contribution in [3.8, 4) is 6.07 Å². The molecule has 0 spiro atoms. The largest absolute Gasteiger partial charge is 0.353 e.